The van der Waals surface area contributed by atoms with Crippen LogP contribution in [0, 0.1) is 0 Å². The molecule has 5 aromatic rings. The summed E-state index contributed by atoms with van der Waals surface area (Å²) in [6.07, 6.45) is 3.15. The Kier molecular flexibility index (Phi) is 6.18. The highest BCUT2D eigenvalue weighted by atomic mass is 79.9. The number of piperidine rings is 1. The maximum Gasteiger partial charge on any atom is 0.289 e. The molecule has 0 saturated carbocycles. The predicted octanol–water partition coefficient (Wildman–Crippen LogP) is 5.64. The molecule has 0 atom stereocenters. The standard InChI is InChI=1S/C27H21BrClN5O3/c28-19-15-30-34-25(13-21(32-26(19)34)17-5-1-3-7-20(17)29)31-16-9-11-33(12-10-16)27(36)24-14-22(35)18-6-2-4-8-23(18)37-24/h1-8,13-16,31H,9-12H2. The van der Waals surface area contributed by atoms with Crippen LogP contribution in [0.1, 0.15) is 23.4 Å². The lowest BCUT2D eigenvalue weighted by atomic mass is 10.0. The molecule has 0 unspecified atom stereocenters. The first kappa shape index (κ1) is 23.7. The molecular weight excluding hydrogens is 558 g/mol. The third-order valence-electron chi connectivity index (χ3n) is 6.56. The van der Waals surface area contributed by atoms with E-state index in [9.17, 15) is 9.59 Å². The largest absolute Gasteiger partial charge is 0.451 e. The molecule has 8 nitrogen and oxygen atoms in total. The van der Waals surface area contributed by atoms with Crippen molar-refractivity contribution in [3.63, 3.8) is 0 Å². The normalized spacial score (nSPS) is 14.4. The minimum Gasteiger partial charge on any atom is -0.451 e. The number of hydrogen-bond acceptors (Lipinski definition) is 6. The summed E-state index contributed by atoms with van der Waals surface area (Å²) in [5.41, 5.74) is 2.44. The van der Waals surface area contributed by atoms with Crippen molar-refractivity contribution in [3.8, 4) is 11.3 Å². The number of hydrogen-bond donors (Lipinski definition) is 1. The molecule has 4 heterocycles. The number of anilines is 1. The van der Waals surface area contributed by atoms with Gasteiger partial charge in [0.2, 0.25) is 0 Å². The first-order chi connectivity index (χ1) is 18.0. The number of nitrogens with zero attached hydrogens (tertiary/aromatic N) is 4. The van der Waals surface area contributed by atoms with E-state index in [0.717, 1.165) is 34.4 Å². The minimum atomic E-state index is -0.274. The lowest BCUT2D eigenvalue weighted by molar-refractivity contribution is 0.0686. The Morgan fingerprint density at radius 3 is 2.65 bits per heavy atom. The maximum atomic E-state index is 13.1. The molecule has 10 heteroatoms. The molecule has 0 radical (unpaired) electrons. The molecule has 1 saturated heterocycles. The SMILES string of the molecule is O=C(c1cc(=O)c2ccccc2o1)N1CCC(Nc2cc(-c3ccccc3Cl)nc3c(Br)cnn23)CC1. The van der Waals surface area contributed by atoms with Crippen LogP contribution in [0.4, 0.5) is 5.82 Å². The number of benzene rings is 2. The molecule has 186 valence electrons. The zero-order valence-electron chi connectivity index (χ0n) is 19.5. The Hall–Kier alpha value is -3.69. The summed E-state index contributed by atoms with van der Waals surface area (Å²) >= 11 is 9.98. The third kappa shape index (κ3) is 4.49. The van der Waals surface area contributed by atoms with Crippen molar-refractivity contribution < 1.29 is 9.21 Å². The highest BCUT2D eigenvalue weighted by Crippen LogP contribution is 2.31. The summed E-state index contributed by atoms with van der Waals surface area (Å²) in [6.45, 7) is 1.06. The number of nitrogens with one attached hydrogen (secondary N) is 1. The summed E-state index contributed by atoms with van der Waals surface area (Å²) < 4.78 is 8.29. The van der Waals surface area contributed by atoms with E-state index in [0.29, 0.717) is 34.7 Å². The zero-order valence-corrected chi connectivity index (χ0v) is 21.9. The number of fused-ring (bicyclic) bond motifs is 2. The van der Waals surface area contributed by atoms with E-state index in [1.54, 1.807) is 39.9 Å². The average Bonchev–Trinajstić information content (AvgIpc) is 3.29. The second kappa shape index (κ2) is 9.64. The Morgan fingerprint density at radius 2 is 1.84 bits per heavy atom. The topological polar surface area (TPSA) is 92.7 Å². The summed E-state index contributed by atoms with van der Waals surface area (Å²) in [5.74, 6) is 0.581. The number of likely N-dealkylation sites (tertiary alicyclic amines) is 1. The van der Waals surface area contributed by atoms with Gasteiger partial charge >= 0.3 is 0 Å². The van der Waals surface area contributed by atoms with Gasteiger partial charge in [-0.25, -0.2) is 4.98 Å². The van der Waals surface area contributed by atoms with Crippen LogP contribution in [0.15, 0.2) is 80.5 Å². The number of halogens is 2. The fourth-order valence-electron chi connectivity index (χ4n) is 4.65. The van der Waals surface area contributed by atoms with E-state index in [4.69, 9.17) is 21.0 Å². The molecular formula is C27H21BrClN5O3. The molecule has 0 spiro atoms. The van der Waals surface area contributed by atoms with Gasteiger partial charge in [0.15, 0.2) is 16.8 Å². The smallest absolute Gasteiger partial charge is 0.289 e. The predicted molar refractivity (Wildman–Crippen MR) is 146 cm³/mol. The number of carbonyl (C=O) groups is 1. The van der Waals surface area contributed by atoms with Crippen molar-refractivity contribution >= 4 is 55.9 Å². The van der Waals surface area contributed by atoms with Gasteiger partial charge in [0.25, 0.3) is 5.91 Å². The van der Waals surface area contributed by atoms with Gasteiger partial charge in [-0.05, 0) is 47.0 Å². The van der Waals surface area contributed by atoms with Gasteiger partial charge in [-0.3, -0.25) is 9.59 Å². The van der Waals surface area contributed by atoms with Crippen LogP contribution in [0.2, 0.25) is 5.02 Å². The van der Waals surface area contributed by atoms with Crippen molar-refractivity contribution in [3.05, 3.63) is 92.3 Å². The number of rotatable bonds is 4. The van der Waals surface area contributed by atoms with E-state index in [2.05, 4.69) is 26.3 Å². The lowest BCUT2D eigenvalue weighted by Crippen LogP contribution is -2.42. The Labute approximate surface area is 225 Å². The number of amides is 1. The molecule has 2 aromatic carbocycles. The number of aromatic nitrogens is 3. The molecule has 1 amide bonds. The molecule has 3 aromatic heterocycles. The Balaban J connectivity index is 1.21. The van der Waals surface area contributed by atoms with Gasteiger partial charge in [0, 0.05) is 41.9 Å². The molecule has 1 fully saturated rings. The fourth-order valence-corrected chi connectivity index (χ4v) is 5.23. The van der Waals surface area contributed by atoms with E-state index in [1.165, 1.54) is 6.07 Å². The molecule has 1 aliphatic rings. The Bertz CT molecular complexity index is 1710. The van der Waals surface area contributed by atoms with Crippen LogP contribution < -0.4 is 10.7 Å². The summed E-state index contributed by atoms with van der Waals surface area (Å²) in [5, 5.41) is 9.13. The average molecular weight is 579 g/mol. The van der Waals surface area contributed by atoms with Crippen molar-refractivity contribution in [1.29, 1.82) is 0 Å². The van der Waals surface area contributed by atoms with Crippen LogP contribution in [0.5, 0.6) is 0 Å². The highest BCUT2D eigenvalue weighted by Gasteiger charge is 2.26. The van der Waals surface area contributed by atoms with Gasteiger partial charge in [-0.2, -0.15) is 9.61 Å². The molecule has 1 aliphatic heterocycles. The first-order valence-corrected chi connectivity index (χ1v) is 13.0. The Morgan fingerprint density at radius 1 is 1.08 bits per heavy atom. The van der Waals surface area contributed by atoms with Crippen molar-refractivity contribution in [2.45, 2.75) is 18.9 Å². The van der Waals surface area contributed by atoms with E-state index in [1.807, 2.05) is 30.3 Å². The van der Waals surface area contributed by atoms with Crippen molar-refractivity contribution in [2.24, 2.45) is 0 Å². The van der Waals surface area contributed by atoms with Gasteiger partial charge in [0.05, 0.1) is 21.7 Å². The fraction of sp³-hybridized carbons (Fsp3) is 0.185. The molecule has 6 rings (SSSR count). The van der Waals surface area contributed by atoms with Crippen molar-refractivity contribution in [2.75, 3.05) is 18.4 Å². The second-order valence-electron chi connectivity index (χ2n) is 8.92. The first-order valence-electron chi connectivity index (χ1n) is 11.9. The quantitative estimate of drug-likeness (QED) is 0.297. The monoisotopic (exact) mass is 577 g/mol. The van der Waals surface area contributed by atoms with Crippen LogP contribution in [0.25, 0.3) is 27.9 Å². The third-order valence-corrected chi connectivity index (χ3v) is 7.45. The van der Waals surface area contributed by atoms with E-state index < -0.39 is 0 Å². The summed E-state index contributed by atoms with van der Waals surface area (Å²) in [7, 11) is 0. The van der Waals surface area contributed by atoms with Gasteiger partial charge < -0.3 is 14.6 Å². The van der Waals surface area contributed by atoms with E-state index in [-0.39, 0.29) is 23.1 Å². The van der Waals surface area contributed by atoms with Crippen LogP contribution in [0.3, 0.4) is 0 Å². The minimum absolute atomic E-state index is 0.0664. The number of carbonyl (C=O) groups excluding carboxylic acids is 1. The van der Waals surface area contributed by atoms with Crippen LogP contribution in [-0.2, 0) is 0 Å². The maximum absolute atomic E-state index is 13.1. The van der Waals surface area contributed by atoms with Crippen molar-refractivity contribution in [1.82, 2.24) is 19.5 Å². The highest BCUT2D eigenvalue weighted by molar-refractivity contribution is 9.10. The second-order valence-corrected chi connectivity index (χ2v) is 10.2. The van der Waals surface area contributed by atoms with Gasteiger partial charge in [-0.15, -0.1) is 0 Å². The molecule has 0 aliphatic carbocycles. The lowest BCUT2D eigenvalue weighted by Gasteiger charge is -2.32. The van der Waals surface area contributed by atoms with Crippen LogP contribution in [-0.4, -0.2) is 44.5 Å². The summed E-state index contributed by atoms with van der Waals surface area (Å²) in [4.78, 5) is 32.0. The van der Waals surface area contributed by atoms with Gasteiger partial charge in [0.1, 0.15) is 11.4 Å². The molecule has 0 bridgehead atoms. The molecule has 37 heavy (non-hydrogen) atoms. The zero-order chi connectivity index (χ0) is 25.5. The van der Waals surface area contributed by atoms with E-state index >= 15 is 0 Å². The molecule has 1 N–H and O–H groups in total. The van der Waals surface area contributed by atoms with Gasteiger partial charge in [-0.1, -0.05) is 41.9 Å². The number of para-hydroxylation sites is 1. The van der Waals surface area contributed by atoms with Crippen LogP contribution >= 0.6 is 27.5 Å². The summed E-state index contributed by atoms with van der Waals surface area (Å²) in [6, 6.07) is 17.9.